The quantitative estimate of drug-likeness (QED) is 0.723. The molecule has 2 aromatic carbocycles. The minimum absolute atomic E-state index is 0.640. The lowest BCUT2D eigenvalue weighted by molar-refractivity contribution is 0.0615. The highest BCUT2D eigenvalue weighted by molar-refractivity contribution is 7.19. The van der Waals surface area contributed by atoms with Crippen LogP contribution < -0.4 is 0 Å². The van der Waals surface area contributed by atoms with Gasteiger partial charge in [0.25, 0.3) is 0 Å². The molecule has 0 saturated heterocycles. The van der Waals surface area contributed by atoms with Gasteiger partial charge in [0.1, 0.15) is 0 Å². The van der Waals surface area contributed by atoms with Crippen molar-refractivity contribution in [2.24, 2.45) is 0 Å². The molecular formula is C19H20OS. The molecule has 3 rings (SSSR count). The number of aryl methyl sites for hydroxylation is 2. The minimum Gasteiger partial charge on any atom is -0.384 e. The summed E-state index contributed by atoms with van der Waals surface area (Å²) < 4.78 is 1.23. The molecule has 21 heavy (non-hydrogen) atoms. The zero-order chi connectivity index (χ0) is 15.0. The van der Waals surface area contributed by atoms with Gasteiger partial charge < -0.3 is 5.11 Å². The summed E-state index contributed by atoms with van der Waals surface area (Å²) in [5, 5.41) is 12.1. The van der Waals surface area contributed by atoms with Crippen LogP contribution in [0.25, 0.3) is 10.1 Å². The van der Waals surface area contributed by atoms with E-state index in [0.29, 0.717) is 6.42 Å². The number of thiophene rings is 1. The van der Waals surface area contributed by atoms with Gasteiger partial charge in [-0.25, -0.2) is 0 Å². The molecule has 0 amide bonds. The Hall–Kier alpha value is -1.64. The molecule has 1 unspecified atom stereocenters. The Morgan fingerprint density at radius 1 is 1.00 bits per heavy atom. The van der Waals surface area contributed by atoms with Gasteiger partial charge in [0.15, 0.2) is 0 Å². The van der Waals surface area contributed by atoms with Gasteiger partial charge in [-0.3, -0.25) is 0 Å². The predicted octanol–water partition coefficient (Wildman–Crippen LogP) is 4.97. The molecule has 1 heterocycles. The van der Waals surface area contributed by atoms with Crippen molar-refractivity contribution >= 4 is 21.4 Å². The van der Waals surface area contributed by atoms with Gasteiger partial charge >= 0.3 is 0 Å². The molecule has 0 fully saturated rings. The summed E-state index contributed by atoms with van der Waals surface area (Å²) in [6.45, 7) is 6.14. The zero-order valence-corrected chi connectivity index (χ0v) is 13.5. The summed E-state index contributed by atoms with van der Waals surface area (Å²) in [6.07, 6.45) is 0.640. The highest BCUT2D eigenvalue weighted by Gasteiger charge is 2.26. The van der Waals surface area contributed by atoms with Crippen molar-refractivity contribution in [3.05, 3.63) is 70.1 Å². The predicted molar refractivity (Wildman–Crippen MR) is 91.0 cm³/mol. The van der Waals surface area contributed by atoms with E-state index < -0.39 is 5.60 Å². The Balaban J connectivity index is 1.93. The number of hydrogen-bond acceptors (Lipinski definition) is 2. The lowest BCUT2D eigenvalue weighted by Gasteiger charge is -2.22. The molecule has 0 radical (unpaired) electrons. The molecule has 0 aliphatic rings. The SMILES string of the molecule is Cc1ccc(CC(C)(O)c2cc3ccccc3s2)cc1C. The monoisotopic (exact) mass is 296 g/mol. The van der Waals surface area contributed by atoms with Crippen LogP contribution in [0.4, 0.5) is 0 Å². The summed E-state index contributed by atoms with van der Waals surface area (Å²) in [5.74, 6) is 0. The van der Waals surface area contributed by atoms with Crippen LogP contribution in [0.5, 0.6) is 0 Å². The normalized spacial score (nSPS) is 14.3. The molecule has 0 saturated carbocycles. The van der Waals surface area contributed by atoms with E-state index in [2.05, 4.69) is 50.2 Å². The minimum atomic E-state index is -0.828. The smallest absolute Gasteiger partial charge is 0.1000 e. The Morgan fingerprint density at radius 3 is 2.48 bits per heavy atom. The van der Waals surface area contributed by atoms with Crippen LogP contribution in [0.15, 0.2) is 48.5 Å². The molecule has 0 aliphatic carbocycles. The van der Waals surface area contributed by atoms with Crippen molar-refractivity contribution in [2.45, 2.75) is 32.8 Å². The molecule has 0 aliphatic heterocycles. The standard InChI is InChI=1S/C19H20OS/c1-13-8-9-15(10-14(13)2)12-19(3,20)18-11-16-6-4-5-7-17(16)21-18/h4-11,20H,12H2,1-3H3. The second-order valence-electron chi connectivity index (χ2n) is 6.02. The van der Waals surface area contributed by atoms with Crippen LogP contribution in [0.1, 0.15) is 28.5 Å². The van der Waals surface area contributed by atoms with Crippen molar-refractivity contribution < 1.29 is 5.11 Å². The van der Waals surface area contributed by atoms with Crippen LogP contribution in [0.3, 0.4) is 0 Å². The van der Waals surface area contributed by atoms with E-state index in [1.807, 2.05) is 19.1 Å². The highest BCUT2D eigenvalue weighted by Crippen LogP contribution is 2.35. The topological polar surface area (TPSA) is 20.2 Å². The first-order valence-corrected chi connectivity index (χ1v) is 8.05. The molecule has 1 nitrogen and oxygen atoms in total. The second-order valence-corrected chi connectivity index (χ2v) is 7.10. The Morgan fingerprint density at radius 2 is 1.76 bits per heavy atom. The molecule has 108 valence electrons. The van der Waals surface area contributed by atoms with Crippen molar-refractivity contribution in [3.8, 4) is 0 Å². The van der Waals surface area contributed by atoms with Gasteiger partial charge in [-0.1, -0.05) is 36.4 Å². The molecule has 3 aromatic rings. The van der Waals surface area contributed by atoms with E-state index >= 15 is 0 Å². The lowest BCUT2D eigenvalue weighted by atomic mass is 9.93. The van der Waals surface area contributed by atoms with Crippen LogP contribution in [-0.4, -0.2) is 5.11 Å². The summed E-state index contributed by atoms with van der Waals surface area (Å²) in [4.78, 5) is 1.03. The van der Waals surface area contributed by atoms with E-state index in [1.54, 1.807) is 11.3 Å². The van der Waals surface area contributed by atoms with Gasteiger partial charge in [-0.15, -0.1) is 11.3 Å². The number of hydrogen-bond donors (Lipinski definition) is 1. The molecule has 2 heteroatoms. The van der Waals surface area contributed by atoms with Crippen molar-refractivity contribution in [2.75, 3.05) is 0 Å². The maximum atomic E-state index is 10.9. The second kappa shape index (κ2) is 5.28. The Labute approximate surface area is 129 Å². The average Bonchev–Trinajstić information content (AvgIpc) is 2.87. The third kappa shape index (κ3) is 2.87. The van der Waals surface area contributed by atoms with Crippen LogP contribution in [0, 0.1) is 13.8 Å². The van der Waals surface area contributed by atoms with Crippen molar-refractivity contribution in [1.82, 2.24) is 0 Å². The van der Waals surface area contributed by atoms with Gasteiger partial charge in [-0.2, -0.15) is 0 Å². The highest BCUT2D eigenvalue weighted by atomic mass is 32.1. The molecule has 0 bridgehead atoms. The fourth-order valence-electron chi connectivity index (χ4n) is 2.65. The van der Waals surface area contributed by atoms with E-state index in [0.717, 1.165) is 4.88 Å². The number of rotatable bonds is 3. The third-order valence-corrected chi connectivity index (χ3v) is 5.45. The van der Waals surface area contributed by atoms with Crippen molar-refractivity contribution in [1.29, 1.82) is 0 Å². The third-order valence-electron chi connectivity index (χ3n) is 4.08. The number of benzene rings is 2. The van der Waals surface area contributed by atoms with Crippen LogP contribution >= 0.6 is 11.3 Å². The fourth-order valence-corrected chi connectivity index (χ4v) is 3.75. The first-order chi connectivity index (χ1) is 9.95. The molecule has 1 atom stereocenters. The summed E-state index contributed by atoms with van der Waals surface area (Å²) in [6, 6.07) is 16.8. The largest absolute Gasteiger partial charge is 0.384 e. The van der Waals surface area contributed by atoms with Crippen LogP contribution in [-0.2, 0) is 12.0 Å². The van der Waals surface area contributed by atoms with Gasteiger partial charge in [-0.05, 0) is 55.0 Å². The molecular weight excluding hydrogens is 276 g/mol. The molecule has 1 N–H and O–H groups in total. The summed E-state index contributed by atoms with van der Waals surface area (Å²) in [5.41, 5.74) is 2.92. The van der Waals surface area contributed by atoms with E-state index in [-0.39, 0.29) is 0 Å². The van der Waals surface area contributed by atoms with E-state index in [9.17, 15) is 5.11 Å². The van der Waals surface area contributed by atoms with Crippen LogP contribution in [0.2, 0.25) is 0 Å². The van der Waals surface area contributed by atoms with Crippen molar-refractivity contribution in [3.63, 3.8) is 0 Å². The first-order valence-electron chi connectivity index (χ1n) is 7.23. The first kappa shape index (κ1) is 14.3. The summed E-state index contributed by atoms with van der Waals surface area (Å²) >= 11 is 1.68. The molecule has 1 aromatic heterocycles. The van der Waals surface area contributed by atoms with Gasteiger partial charge in [0.2, 0.25) is 0 Å². The fraction of sp³-hybridized carbons (Fsp3) is 0.263. The summed E-state index contributed by atoms with van der Waals surface area (Å²) in [7, 11) is 0. The average molecular weight is 296 g/mol. The molecule has 0 spiro atoms. The van der Waals surface area contributed by atoms with Gasteiger partial charge in [0, 0.05) is 16.0 Å². The Bertz CT molecular complexity index is 750. The van der Waals surface area contributed by atoms with E-state index in [4.69, 9.17) is 0 Å². The maximum Gasteiger partial charge on any atom is 0.1000 e. The lowest BCUT2D eigenvalue weighted by Crippen LogP contribution is -2.22. The number of fused-ring (bicyclic) bond motifs is 1. The zero-order valence-electron chi connectivity index (χ0n) is 12.7. The van der Waals surface area contributed by atoms with E-state index in [1.165, 1.54) is 26.8 Å². The Kier molecular flexibility index (Phi) is 3.60. The maximum absolute atomic E-state index is 10.9. The number of aliphatic hydroxyl groups is 1. The van der Waals surface area contributed by atoms with Gasteiger partial charge in [0.05, 0.1) is 5.60 Å².